The summed E-state index contributed by atoms with van der Waals surface area (Å²) < 4.78 is 32.8. The van der Waals surface area contributed by atoms with Gasteiger partial charge in [-0.1, -0.05) is 55.5 Å². The second-order valence-electron chi connectivity index (χ2n) is 10.2. The van der Waals surface area contributed by atoms with Crippen LogP contribution >= 0.6 is 0 Å². The molecule has 40 heavy (non-hydrogen) atoms. The average Bonchev–Trinajstić information content (AvgIpc) is 2.98. The van der Waals surface area contributed by atoms with Crippen LogP contribution in [-0.4, -0.2) is 73.3 Å². The second kappa shape index (κ2) is 13.3. The van der Waals surface area contributed by atoms with Gasteiger partial charge in [0.1, 0.15) is 18.2 Å². The minimum absolute atomic E-state index is 0.129. The van der Waals surface area contributed by atoms with Crippen LogP contribution in [0.5, 0.6) is 0 Å². The topological polar surface area (TPSA) is 125 Å². The molecule has 0 bridgehead atoms. The van der Waals surface area contributed by atoms with Gasteiger partial charge in [0, 0.05) is 26.2 Å². The Morgan fingerprint density at radius 2 is 1.68 bits per heavy atom. The van der Waals surface area contributed by atoms with E-state index < -0.39 is 27.7 Å². The molecule has 3 amide bonds. The van der Waals surface area contributed by atoms with Crippen molar-refractivity contribution < 1.29 is 27.5 Å². The van der Waals surface area contributed by atoms with Gasteiger partial charge in [0.15, 0.2) is 0 Å². The molecule has 2 heterocycles. The number of nitrogens with one attached hydrogen (secondary N) is 2. The maximum atomic E-state index is 13.5. The monoisotopic (exact) mass is 570 g/mol. The molecule has 2 N–H and O–H groups in total. The lowest BCUT2D eigenvalue weighted by molar-refractivity contribution is -0.160. The minimum Gasteiger partial charge on any atom is -0.445 e. The van der Waals surface area contributed by atoms with Gasteiger partial charge < -0.3 is 20.3 Å². The Morgan fingerprint density at radius 1 is 1.02 bits per heavy atom. The number of carbonyl (C=O) groups excluding carboxylic acids is 3. The fourth-order valence-corrected chi connectivity index (χ4v) is 6.85. The van der Waals surface area contributed by atoms with Gasteiger partial charge >= 0.3 is 6.09 Å². The number of ether oxygens (including phenoxy) is 1. The molecule has 1 unspecified atom stereocenters. The lowest BCUT2D eigenvalue weighted by Crippen LogP contribution is -2.73. The standard InChI is InChI=1S/C29H38N4O6S/c1-2-19-33-26(34)25(15-9-10-18-30-28(36)39-22-23-11-5-3-6-12-23)31-27(35)29(33)16-20-32(21-17-29)40(37,38)24-13-7-4-8-14-24/h3-8,11-14,25H,2,9-10,15-22H2,1H3,(H,30,36)(H,31,35). The van der Waals surface area contributed by atoms with Crippen LogP contribution in [0.25, 0.3) is 0 Å². The van der Waals surface area contributed by atoms with Crippen LogP contribution in [-0.2, 0) is 31.0 Å². The molecule has 1 spiro atoms. The zero-order valence-corrected chi connectivity index (χ0v) is 23.7. The molecule has 2 saturated heterocycles. The third-order valence-corrected chi connectivity index (χ3v) is 9.50. The average molecular weight is 571 g/mol. The summed E-state index contributed by atoms with van der Waals surface area (Å²) in [6.07, 6.45) is 2.40. The molecule has 2 aliphatic heterocycles. The quantitative estimate of drug-likeness (QED) is 0.400. The normalized spacial score (nSPS) is 19.3. The molecule has 1 atom stereocenters. The van der Waals surface area contributed by atoms with Gasteiger partial charge in [-0.2, -0.15) is 4.31 Å². The first-order valence-electron chi connectivity index (χ1n) is 13.9. The largest absolute Gasteiger partial charge is 0.445 e. The maximum absolute atomic E-state index is 13.5. The Hall–Kier alpha value is -3.44. The molecule has 4 rings (SSSR count). The van der Waals surface area contributed by atoms with Crippen LogP contribution in [0.2, 0.25) is 0 Å². The number of hydrogen-bond donors (Lipinski definition) is 2. The number of alkyl carbamates (subject to hydrolysis) is 1. The van der Waals surface area contributed by atoms with Gasteiger partial charge in [-0.3, -0.25) is 9.59 Å². The number of piperazine rings is 1. The van der Waals surface area contributed by atoms with Crippen molar-refractivity contribution in [2.24, 2.45) is 0 Å². The fraction of sp³-hybridized carbons (Fsp3) is 0.483. The molecule has 2 aliphatic rings. The van der Waals surface area contributed by atoms with Gasteiger partial charge in [-0.05, 0) is 56.2 Å². The fourth-order valence-electron chi connectivity index (χ4n) is 5.39. The zero-order valence-electron chi connectivity index (χ0n) is 22.9. The Kier molecular flexibility index (Phi) is 9.80. The van der Waals surface area contributed by atoms with Crippen LogP contribution in [0.4, 0.5) is 4.79 Å². The summed E-state index contributed by atoms with van der Waals surface area (Å²) in [6.45, 7) is 3.31. The number of amides is 3. The Morgan fingerprint density at radius 3 is 2.33 bits per heavy atom. The molecule has 0 aliphatic carbocycles. The summed E-state index contributed by atoms with van der Waals surface area (Å²) in [4.78, 5) is 40.8. The van der Waals surface area contributed by atoms with E-state index in [4.69, 9.17) is 4.74 Å². The van der Waals surface area contributed by atoms with E-state index in [0.29, 0.717) is 38.8 Å². The molecular weight excluding hydrogens is 532 g/mol. The van der Waals surface area contributed by atoms with Crippen LogP contribution in [0.3, 0.4) is 0 Å². The van der Waals surface area contributed by atoms with E-state index >= 15 is 0 Å². The third kappa shape index (κ3) is 6.64. The van der Waals surface area contributed by atoms with E-state index in [-0.39, 0.29) is 49.2 Å². The lowest BCUT2D eigenvalue weighted by atomic mass is 9.81. The first-order chi connectivity index (χ1) is 19.3. The second-order valence-corrected chi connectivity index (χ2v) is 12.2. The zero-order chi connectivity index (χ0) is 28.6. The van der Waals surface area contributed by atoms with Crippen molar-refractivity contribution in [3.8, 4) is 0 Å². The van der Waals surface area contributed by atoms with Crippen molar-refractivity contribution in [3.63, 3.8) is 0 Å². The predicted molar refractivity (Wildman–Crippen MR) is 150 cm³/mol. The number of nitrogens with zero attached hydrogens (tertiary/aromatic N) is 2. The Labute approximate surface area is 236 Å². The summed E-state index contributed by atoms with van der Waals surface area (Å²) in [5.74, 6) is -0.346. The molecule has 2 aromatic rings. The molecule has 11 heteroatoms. The molecule has 0 saturated carbocycles. The smallest absolute Gasteiger partial charge is 0.407 e. The highest BCUT2D eigenvalue weighted by molar-refractivity contribution is 7.89. The number of rotatable bonds is 11. The molecular formula is C29H38N4O6S. The number of sulfonamides is 1. The van der Waals surface area contributed by atoms with E-state index in [1.165, 1.54) is 4.31 Å². The van der Waals surface area contributed by atoms with Crippen LogP contribution in [0, 0.1) is 0 Å². The molecule has 0 aromatic heterocycles. The van der Waals surface area contributed by atoms with Crippen molar-refractivity contribution in [1.29, 1.82) is 0 Å². The van der Waals surface area contributed by atoms with Crippen molar-refractivity contribution in [1.82, 2.24) is 19.8 Å². The number of carbonyl (C=O) groups is 3. The maximum Gasteiger partial charge on any atom is 0.407 e. The summed E-state index contributed by atoms with van der Waals surface area (Å²) in [5, 5.41) is 5.65. The summed E-state index contributed by atoms with van der Waals surface area (Å²) >= 11 is 0. The summed E-state index contributed by atoms with van der Waals surface area (Å²) in [5.41, 5.74) is -0.141. The van der Waals surface area contributed by atoms with E-state index in [9.17, 15) is 22.8 Å². The highest BCUT2D eigenvalue weighted by Crippen LogP contribution is 2.35. The third-order valence-electron chi connectivity index (χ3n) is 7.59. The van der Waals surface area contributed by atoms with Gasteiger partial charge in [0.05, 0.1) is 4.90 Å². The number of benzene rings is 2. The van der Waals surface area contributed by atoms with E-state index in [1.807, 2.05) is 37.3 Å². The van der Waals surface area contributed by atoms with E-state index in [0.717, 1.165) is 5.56 Å². The van der Waals surface area contributed by atoms with Crippen molar-refractivity contribution in [2.45, 2.75) is 68.5 Å². The van der Waals surface area contributed by atoms with Crippen molar-refractivity contribution in [3.05, 3.63) is 66.2 Å². The minimum atomic E-state index is -3.67. The molecule has 10 nitrogen and oxygen atoms in total. The van der Waals surface area contributed by atoms with Gasteiger partial charge in [-0.25, -0.2) is 13.2 Å². The Balaban J connectivity index is 1.27. The van der Waals surface area contributed by atoms with Crippen molar-refractivity contribution >= 4 is 27.9 Å². The van der Waals surface area contributed by atoms with Gasteiger partial charge in [0.2, 0.25) is 21.8 Å². The Bertz CT molecular complexity index is 1260. The highest BCUT2D eigenvalue weighted by atomic mass is 32.2. The summed E-state index contributed by atoms with van der Waals surface area (Å²) in [7, 11) is -3.67. The van der Waals surface area contributed by atoms with E-state index in [1.54, 1.807) is 35.2 Å². The first-order valence-corrected chi connectivity index (χ1v) is 15.3. The number of unbranched alkanes of at least 4 members (excludes halogenated alkanes) is 1. The van der Waals surface area contributed by atoms with Crippen molar-refractivity contribution in [2.75, 3.05) is 26.2 Å². The SMILES string of the molecule is CCCN1C(=O)C(CCCCNC(=O)OCc2ccccc2)NC(=O)C12CCN(S(=O)(=O)c1ccccc1)CC2. The van der Waals surface area contributed by atoms with E-state index in [2.05, 4.69) is 10.6 Å². The lowest BCUT2D eigenvalue weighted by Gasteiger charge is -2.51. The van der Waals surface area contributed by atoms with Crippen LogP contribution in [0.15, 0.2) is 65.6 Å². The summed E-state index contributed by atoms with van der Waals surface area (Å²) in [6, 6.07) is 17.0. The van der Waals surface area contributed by atoms with Gasteiger partial charge in [0.25, 0.3) is 0 Å². The first kappa shape index (κ1) is 29.5. The molecule has 216 valence electrons. The van der Waals surface area contributed by atoms with Crippen LogP contribution in [0.1, 0.15) is 51.0 Å². The highest BCUT2D eigenvalue weighted by Gasteiger charge is 2.54. The molecule has 0 radical (unpaired) electrons. The molecule has 2 fully saturated rings. The molecule has 2 aromatic carbocycles. The van der Waals surface area contributed by atoms with Gasteiger partial charge in [-0.15, -0.1) is 0 Å². The number of hydrogen-bond acceptors (Lipinski definition) is 6. The number of piperidine rings is 1. The van der Waals surface area contributed by atoms with Crippen LogP contribution < -0.4 is 10.6 Å². The predicted octanol–water partition coefficient (Wildman–Crippen LogP) is 3.04.